The zero-order valence-electron chi connectivity index (χ0n) is 11.6. The van der Waals surface area contributed by atoms with Gasteiger partial charge in [-0.2, -0.15) is 0 Å². The van der Waals surface area contributed by atoms with E-state index in [0.717, 1.165) is 28.8 Å². The number of benzene rings is 1. The second-order valence-electron chi connectivity index (χ2n) is 4.97. The van der Waals surface area contributed by atoms with Crippen LogP contribution in [0.1, 0.15) is 19.8 Å². The number of quaternary nitrogens is 1. The molecule has 0 aliphatic heterocycles. The quantitative estimate of drug-likeness (QED) is 0.607. The summed E-state index contributed by atoms with van der Waals surface area (Å²) in [6.45, 7) is 6.72. The van der Waals surface area contributed by atoms with Crippen molar-refractivity contribution in [3.8, 4) is 0 Å². The number of nitrogens with one attached hydrogen (secondary N) is 1. The lowest BCUT2D eigenvalue weighted by atomic mass is 10.2. The summed E-state index contributed by atoms with van der Waals surface area (Å²) >= 11 is 0. The summed E-state index contributed by atoms with van der Waals surface area (Å²) in [6.07, 6.45) is 3.63. The Kier molecular flexibility index (Phi) is 5.10. The molecule has 3 heteroatoms. The topological polar surface area (TPSA) is 29.1 Å². The molecule has 1 aromatic rings. The first kappa shape index (κ1) is 14.5. The molecule has 1 amide bonds. The molecule has 3 nitrogen and oxygen atoms in total. The fraction of sp³-hybridized carbons (Fsp3) is 0.400. The maximum atomic E-state index is 11.4. The minimum atomic E-state index is -0.169. The summed E-state index contributed by atoms with van der Waals surface area (Å²) in [5.41, 5.74) is 1.99. The van der Waals surface area contributed by atoms with Crippen LogP contribution in [-0.4, -0.2) is 26.5 Å². The molecule has 0 unspecified atom stereocenters. The van der Waals surface area contributed by atoms with Gasteiger partial charge in [0.25, 0.3) is 0 Å². The van der Waals surface area contributed by atoms with Crippen molar-refractivity contribution in [2.45, 2.75) is 19.8 Å². The highest BCUT2D eigenvalue weighted by Crippen LogP contribution is 2.29. The number of nitrogens with zero attached hydrogens (tertiary/aromatic N) is 1. The Morgan fingerprint density at radius 2 is 2.06 bits per heavy atom. The Labute approximate surface area is 110 Å². The van der Waals surface area contributed by atoms with Crippen LogP contribution in [0.25, 0.3) is 0 Å². The van der Waals surface area contributed by atoms with Gasteiger partial charge in [-0.25, -0.2) is 0 Å². The minimum absolute atomic E-state index is 0.169. The molecule has 0 spiro atoms. The summed E-state index contributed by atoms with van der Waals surface area (Å²) in [5, 5.41) is 2.87. The van der Waals surface area contributed by atoms with Gasteiger partial charge in [0.05, 0.1) is 20.6 Å². The fourth-order valence-corrected chi connectivity index (χ4v) is 1.96. The summed E-state index contributed by atoms with van der Waals surface area (Å²) in [7, 11) is 4.32. The molecule has 0 fully saturated rings. The summed E-state index contributed by atoms with van der Waals surface area (Å²) < 4.78 is 0.765. The molecule has 0 saturated carbocycles. The number of para-hydroxylation sites is 2. The molecule has 0 aliphatic rings. The second-order valence-corrected chi connectivity index (χ2v) is 4.97. The minimum Gasteiger partial charge on any atom is -0.318 e. The molecule has 0 bridgehead atoms. The van der Waals surface area contributed by atoms with E-state index < -0.39 is 0 Å². The maximum Gasteiger partial charge on any atom is 0.247 e. The van der Waals surface area contributed by atoms with Crippen LogP contribution in [0.2, 0.25) is 0 Å². The molecular weight excluding hydrogens is 224 g/mol. The Bertz CT molecular complexity index is 424. The molecule has 0 aliphatic carbocycles. The van der Waals surface area contributed by atoms with E-state index in [-0.39, 0.29) is 5.91 Å². The van der Waals surface area contributed by atoms with Gasteiger partial charge in [-0.1, -0.05) is 32.1 Å². The number of anilines is 1. The Hall–Kier alpha value is -1.61. The number of hydrogen-bond donors (Lipinski definition) is 1. The van der Waals surface area contributed by atoms with Crippen LogP contribution >= 0.6 is 0 Å². The third kappa shape index (κ3) is 3.70. The van der Waals surface area contributed by atoms with Gasteiger partial charge < -0.3 is 5.32 Å². The lowest BCUT2D eigenvalue weighted by molar-refractivity contribution is -0.111. The van der Waals surface area contributed by atoms with Crippen molar-refractivity contribution < 1.29 is 4.79 Å². The highest BCUT2D eigenvalue weighted by atomic mass is 16.1. The summed E-state index contributed by atoms with van der Waals surface area (Å²) in [6, 6.07) is 7.93. The molecule has 1 rings (SSSR count). The molecule has 0 aromatic heterocycles. The van der Waals surface area contributed by atoms with Crippen LogP contribution in [0, 0.1) is 0 Å². The van der Waals surface area contributed by atoms with Crippen molar-refractivity contribution in [3.05, 3.63) is 36.9 Å². The lowest BCUT2D eigenvalue weighted by Crippen LogP contribution is -2.41. The molecule has 1 N–H and O–H groups in total. The number of unbranched alkanes of at least 4 members (excludes halogenated alkanes) is 1. The lowest BCUT2D eigenvalue weighted by Gasteiger charge is -2.31. The number of carbonyl (C=O) groups excluding carboxylic acids is 1. The van der Waals surface area contributed by atoms with Gasteiger partial charge in [-0.05, 0) is 18.6 Å². The molecular formula is C15H23N2O+. The molecule has 0 radical (unpaired) electrons. The van der Waals surface area contributed by atoms with Crippen LogP contribution in [0.3, 0.4) is 0 Å². The third-order valence-electron chi connectivity index (χ3n) is 3.07. The predicted molar refractivity (Wildman–Crippen MR) is 78.7 cm³/mol. The fourth-order valence-electron chi connectivity index (χ4n) is 1.96. The number of carbonyl (C=O) groups is 1. The van der Waals surface area contributed by atoms with Gasteiger partial charge in [0, 0.05) is 6.07 Å². The number of amides is 1. The van der Waals surface area contributed by atoms with Gasteiger partial charge in [-0.3, -0.25) is 9.28 Å². The van der Waals surface area contributed by atoms with Crippen molar-refractivity contribution in [1.82, 2.24) is 4.48 Å². The van der Waals surface area contributed by atoms with Crippen molar-refractivity contribution >= 4 is 17.3 Å². The summed E-state index contributed by atoms with van der Waals surface area (Å²) in [5.74, 6) is -0.169. The van der Waals surface area contributed by atoms with Crippen LogP contribution in [0.4, 0.5) is 11.4 Å². The van der Waals surface area contributed by atoms with Gasteiger partial charge >= 0.3 is 0 Å². The SMILES string of the molecule is C=CC(=O)Nc1ccccc1[N+](C)(C)CCCC. The van der Waals surface area contributed by atoms with Crippen LogP contribution in [-0.2, 0) is 4.79 Å². The average molecular weight is 247 g/mol. The van der Waals surface area contributed by atoms with Crippen LogP contribution in [0.5, 0.6) is 0 Å². The van der Waals surface area contributed by atoms with Gasteiger partial charge in [0.2, 0.25) is 5.91 Å². The zero-order chi connectivity index (χ0) is 13.6. The van der Waals surface area contributed by atoms with Gasteiger partial charge in [0.15, 0.2) is 5.69 Å². The molecule has 0 heterocycles. The molecule has 1 aromatic carbocycles. The monoisotopic (exact) mass is 247 g/mol. The first-order chi connectivity index (χ1) is 8.51. The van der Waals surface area contributed by atoms with Crippen molar-refractivity contribution in [2.75, 3.05) is 26.0 Å². The van der Waals surface area contributed by atoms with Crippen LogP contribution in [0.15, 0.2) is 36.9 Å². The van der Waals surface area contributed by atoms with Crippen LogP contribution < -0.4 is 9.80 Å². The highest BCUT2D eigenvalue weighted by Gasteiger charge is 2.22. The van der Waals surface area contributed by atoms with E-state index in [9.17, 15) is 4.79 Å². The van der Waals surface area contributed by atoms with Crippen molar-refractivity contribution in [3.63, 3.8) is 0 Å². The smallest absolute Gasteiger partial charge is 0.247 e. The summed E-state index contributed by atoms with van der Waals surface area (Å²) in [4.78, 5) is 11.4. The first-order valence-electron chi connectivity index (χ1n) is 6.37. The third-order valence-corrected chi connectivity index (χ3v) is 3.07. The van der Waals surface area contributed by atoms with E-state index in [1.54, 1.807) is 0 Å². The Balaban J connectivity index is 3.00. The highest BCUT2D eigenvalue weighted by molar-refractivity contribution is 6.00. The van der Waals surface area contributed by atoms with E-state index >= 15 is 0 Å². The zero-order valence-corrected chi connectivity index (χ0v) is 11.6. The van der Waals surface area contributed by atoms with E-state index in [1.165, 1.54) is 12.5 Å². The van der Waals surface area contributed by atoms with E-state index in [2.05, 4.69) is 39.0 Å². The van der Waals surface area contributed by atoms with E-state index in [4.69, 9.17) is 0 Å². The Morgan fingerprint density at radius 1 is 1.39 bits per heavy atom. The van der Waals surface area contributed by atoms with E-state index in [1.807, 2.05) is 18.2 Å². The average Bonchev–Trinajstić information content (AvgIpc) is 2.36. The van der Waals surface area contributed by atoms with Crippen molar-refractivity contribution in [1.29, 1.82) is 0 Å². The second kappa shape index (κ2) is 6.36. The van der Waals surface area contributed by atoms with Crippen molar-refractivity contribution in [2.24, 2.45) is 0 Å². The Morgan fingerprint density at radius 3 is 2.67 bits per heavy atom. The molecule has 0 atom stereocenters. The molecule has 18 heavy (non-hydrogen) atoms. The van der Waals surface area contributed by atoms with Gasteiger partial charge in [-0.15, -0.1) is 0 Å². The first-order valence-corrected chi connectivity index (χ1v) is 6.37. The molecule has 98 valence electrons. The predicted octanol–water partition coefficient (Wildman–Crippen LogP) is 3.18. The number of hydrogen-bond acceptors (Lipinski definition) is 1. The van der Waals surface area contributed by atoms with Gasteiger partial charge in [0.1, 0.15) is 5.69 Å². The standard InChI is InChI=1S/C15H22N2O/c1-5-7-12-17(3,4)14-11-9-8-10-13(14)16-15(18)6-2/h6,8-11H,2,5,7,12H2,1,3-4H3/p+1. The van der Waals surface area contributed by atoms with E-state index in [0.29, 0.717) is 0 Å². The maximum absolute atomic E-state index is 11.4. The number of rotatable bonds is 6. The molecule has 0 saturated heterocycles. The largest absolute Gasteiger partial charge is 0.318 e. The normalized spacial score (nSPS) is 11.1.